The Labute approximate surface area is 175 Å². The van der Waals surface area contributed by atoms with Crippen molar-refractivity contribution in [2.75, 3.05) is 7.11 Å². The lowest BCUT2D eigenvalue weighted by molar-refractivity contribution is 0.279. The maximum atomic E-state index is 13.9. The summed E-state index contributed by atoms with van der Waals surface area (Å²) in [7, 11) is 1.58. The minimum atomic E-state index is -0.386. The lowest BCUT2D eigenvalue weighted by atomic mass is 10.2. The van der Waals surface area contributed by atoms with Crippen LogP contribution in [0.2, 0.25) is 5.02 Å². The van der Waals surface area contributed by atoms with Gasteiger partial charge >= 0.3 is 0 Å². The standard InChI is InChI=1S/C22H21ClFNO2.ClH/c1-26-22-12-17(14-25-13-16-6-3-2-4-7-16)10-11-21(22)27-15-18-19(23)8-5-9-20(18)24;/h2-12,25H,13-15H2,1H3;1H. The molecule has 28 heavy (non-hydrogen) atoms. The highest BCUT2D eigenvalue weighted by Crippen LogP contribution is 2.30. The van der Waals surface area contributed by atoms with Crippen LogP contribution in [-0.2, 0) is 19.7 Å². The third-order valence-corrected chi connectivity index (χ3v) is 4.52. The van der Waals surface area contributed by atoms with Gasteiger partial charge in [0.05, 0.1) is 12.1 Å². The average molecular weight is 422 g/mol. The monoisotopic (exact) mass is 421 g/mol. The van der Waals surface area contributed by atoms with Gasteiger partial charge in [-0.2, -0.15) is 0 Å². The molecule has 0 aromatic heterocycles. The fourth-order valence-electron chi connectivity index (χ4n) is 2.71. The Hall–Kier alpha value is -2.27. The van der Waals surface area contributed by atoms with Gasteiger partial charge in [0.1, 0.15) is 12.4 Å². The minimum absolute atomic E-state index is 0. The van der Waals surface area contributed by atoms with Gasteiger partial charge in [-0.25, -0.2) is 4.39 Å². The summed E-state index contributed by atoms with van der Waals surface area (Å²) in [5.74, 6) is 0.758. The zero-order valence-corrected chi connectivity index (χ0v) is 17.0. The first-order valence-corrected chi connectivity index (χ1v) is 9.02. The van der Waals surface area contributed by atoms with E-state index in [2.05, 4.69) is 17.4 Å². The van der Waals surface area contributed by atoms with Crippen LogP contribution in [-0.4, -0.2) is 7.11 Å². The molecule has 0 atom stereocenters. The Morgan fingerprint density at radius 2 is 1.64 bits per heavy atom. The molecule has 0 aliphatic carbocycles. The molecular weight excluding hydrogens is 400 g/mol. The summed E-state index contributed by atoms with van der Waals surface area (Å²) in [6.45, 7) is 1.52. The van der Waals surface area contributed by atoms with Gasteiger partial charge in [0.2, 0.25) is 0 Å². The second-order valence-electron chi connectivity index (χ2n) is 6.06. The summed E-state index contributed by atoms with van der Waals surface area (Å²) in [6.07, 6.45) is 0. The Balaban J connectivity index is 0.00000280. The number of nitrogens with one attached hydrogen (secondary N) is 1. The van der Waals surface area contributed by atoms with E-state index in [1.807, 2.05) is 36.4 Å². The summed E-state index contributed by atoms with van der Waals surface area (Å²) in [5.41, 5.74) is 2.63. The molecule has 0 saturated carbocycles. The zero-order chi connectivity index (χ0) is 19.1. The lowest BCUT2D eigenvalue weighted by Crippen LogP contribution is -2.12. The predicted octanol–water partition coefficient (Wildman–Crippen LogP) is 5.78. The molecule has 0 radical (unpaired) electrons. The van der Waals surface area contributed by atoms with Gasteiger partial charge in [0.15, 0.2) is 11.5 Å². The van der Waals surface area contributed by atoms with Crippen LogP contribution in [0.15, 0.2) is 66.7 Å². The second-order valence-corrected chi connectivity index (χ2v) is 6.47. The van der Waals surface area contributed by atoms with Gasteiger partial charge < -0.3 is 14.8 Å². The minimum Gasteiger partial charge on any atom is -0.493 e. The number of hydrogen-bond donors (Lipinski definition) is 1. The van der Waals surface area contributed by atoms with E-state index < -0.39 is 0 Å². The largest absolute Gasteiger partial charge is 0.493 e. The van der Waals surface area contributed by atoms with Crippen LogP contribution in [0.25, 0.3) is 0 Å². The fourth-order valence-corrected chi connectivity index (χ4v) is 2.93. The van der Waals surface area contributed by atoms with Gasteiger partial charge in [0, 0.05) is 18.7 Å². The van der Waals surface area contributed by atoms with Crippen molar-refractivity contribution in [1.82, 2.24) is 5.32 Å². The van der Waals surface area contributed by atoms with Crippen LogP contribution in [0.1, 0.15) is 16.7 Å². The first kappa shape index (κ1) is 22.0. The van der Waals surface area contributed by atoms with E-state index in [1.54, 1.807) is 19.2 Å². The van der Waals surface area contributed by atoms with Crippen LogP contribution in [0.4, 0.5) is 4.39 Å². The van der Waals surface area contributed by atoms with Crippen molar-refractivity contribution in [3.63, 3.8) is 0 Å². The van der Waals surface area contributed by atoms with Crippen molar-refractivity contribution in [2.45, 2.75) is 19.7 Å². The van der Waals surface area contributed by atoms with Crippen molar-refractivity contribution in [2.24, 2.45) is 0 Å². The molecule has 0 aliphatic heterocycles. The Bertz CT molecular complexity index is 871. The molecule has 0 amide bonds. The van der Waals surface area contributed by atoms with E-state index in [1.165, 1.54) is 11.6 Å². The zero-order valence-electron chi connectivity index (χ0n) is 15.5. The number of benzene rings is 3. The summed E-state index contributed by atoms with van der Waals surface area (Å²) < 4.78 is 25.0. The van der Waals surface area contributed by atoms with Crippen LogP contribution in [0, 0.1) is 5.82 Å². The average Bonchev–Trinajstić information content (AvgIpc) is 2.69. The number of ether oxygens (including phenoxy) is 2. The van der Waals surface area contributed by atoms with Crippen LogP contribution >= 0.6 is 24.0 Å². The van der Waals surface area contributed by atoms with E-state index >= 15 is 0 Å². The van der Waals surface area contributed by atoms with Crippen LogP contribution in [0.3, 0.4) is 0 Å². The van der Waals surface area contributed by atoms with Gasteiger partial charge in [-0.3, -0.25) is 0 Å². The molecule has 3 nitrogen and oxygen atoms in total. The highest BCUT2D eigenvalue weighted by atomic mass is 35.5. The molecular formula is C22H22Cl2FNO2. The fraction of sp³-hybridized carbons (Fsp3) is 0.182. The number of halogens is 3. The Kier molecular flexibility index (Phi) is 8.58. The van der Waals surface area contributed by atoms with Crippen molar-refractivity contribution in [3.05, 3.63) is 94.3 Å². The van der Waals surface area contributed by atoms with Crippen molar-refractivity contribution in [3.8, 4) is 11.5 Å². The smallest absolute Gasteiger partial charge is 0.161 e. The van der Waals surface area contributed by atoms with E-state index in [0.29, 0.717) is 28.6 Å². The van der Waals surface area contributed by atoms with Crippen LogP contribution in [0.5, 0.6) is 11.5 Å². The normalized spacial score (nSPS) is 10.2. The molecule has 0 spiro atoms. The van der Waals surface area contributed by atoms with Crippen molar-refractivity contribution >= 4 is 24.0 Å². The predicted molar refractivity (Wildman–Crippen MR) is 113 cm³/mol. The maximum absolute atomic E-state index is 13.9. The molecule has 148 valence electrons. The van der Waals surface area contributed by atoms with Crippen molar-refractivity contribution < 1.29 is 13.9 Å². The molecule has 3 aromatic rings. The van der Waals surface area contributed by atoms with E-state index in [0.717, 1.165) is 12.1 Å². The van der Waals surface area contributed by atoms with E-state index in [4.69, 9.17) is 21.1 Å². The Morgan fingerprint density at radius 1 is 0.893 bits per heavy atom. The van der Waals surface area contributed by atoms with E-state index in [-0.39, 0.29) is 24.8 Å². The molecule has 0 fully saturated rings. The molecule has 0 heterocycles. The number of hydrogen-bond acceptors (Lipinski definition) is 3. The first-order valence-electron chi connectivity index (χ1n) is 8.64. The molecule has 6 heteroatoms. The summed E-state index contributed by atoms with van der Waals surface area (Å²) in [5, 5.41) is 3.74. The molecule has 3 aromatic carbocycles. The summed E-state index contributed by atoms with van der Waals surface area (Å²) in [6, 6.07) is 20.5. The maximum Gasteiger partial charge on any atom is 0.161 e. The third kappa shape index (κ3) is 5.86. The Morgan fingerprint density at radius 3 is 2.36 bits per heavy atom. The SMILES string of the molecule is COc1cc(CNCc2ccccc2)ccc1OCc1c(F)cccc1Cl.Cl. The molecule has 0 aliphatic rings. The number of rotatable bonds is 8. The third-order valence-electron chi connectivity index (χ3n) is 4.16. The first-order chi connectivity index (χ1) is 13.2. The highest BCUT2D eigenvalue weighted by molar-refractivity contribution is 6.31. The second kappa shape index (κ2) is 10.9. The molecule has 0 bridgehead atoms. The van der Waals surface area contributed by atoms with Crippen LogP contribution < -0.4 is 14.8 Å². The van der Waals surface area contributed by atoms with Gasteiger partial charge in [-0.15, -0.1) is 12.4 Å². The highest BCUT2D eigenvalue weighted by Gasteiger charge is 2.11. The van der Waals surface area contributed by atoms with Gasteiger partial charge in [0.25, 0.3) is 0 Å². The molecule has 0 unspecified atom stereocenters. The molecule has 3 rings (SSSR count). The summed E-state index contributed by atoms with van der Waals surface area (Å²) >= 11 is 6.04. The topological polar surface area (TPSA) is 30.5 Å². The van der Waals surface area contributed by atoms with Crippen molar-refractivity contribution in [1.29, 1.82) is 0 Å². The summed E-state index contributed by atoms with van der Waals surface area (Å²) in [4.78, 5) is 0. The number of methoxy groups -OCH3 is 1. The quantitative estimate of drug-likeness (QED) is 0.499. The molecule has 1 N–H and O–H groups in total. The lowest BCUT2D eigenvalue weighted by Gasteiger charge is -2.14. The van der Waals surface area contributed by atoms with E-state index in [9.17, 15) is 4.39 Å². The van der Waals surface area contributed by atoms with Gasteiger partial charge in [-0.05, 0) is 35.4 Å². The molecule has 0 saturated heterocycles. The van der Waals surface area contributed by atoms with Gasteiger partial charge in [-0.1, -0.05) is 54.1 Å².